The fourth-order valence-electron chi connectivity index (χ4n) is 1.91. The molecule has 3 heteroatoms. The molecule has 2 rings (SSSR count). The molecule has 15 heavy (non-hydrogen) atoms. The number of rotatable bonds is 2. The lowest BCUT2D eigenvalue weighted by Gasteiger charge is -2.35. The van der Waals surface area contributed by atoms with Gasteiger partial charge in [0.2, 0.25) is 0 Å². The van der Waals surface area contributed by atoms with E-state index in [-0.39, 0.29) is 5.60 Å². The van der Waals surface area contributed by atoms with Crippen molar-refractivity contribution in [2.45, 2.75) is 19.1 Å². The average Bonchev–Trinajstić information content (AvgIpc) is 2.30. The number of hydrogen-bond acceptors (Lipinski definition) is 3. The minimum atomic E-state index is -0.189. The Kier molecular flexibility index (Phi) is 3.05. The highest BCUT2D eigenvalue weighted by molar-refractivity contribution is 5.27. The van der Waals surface area contributed by atoms with E-state index in [1.54, 1.807) is 0 Å². The van der Waals surface area contributed by atoms with Crippen LogP contribution >= 0.6 is 0 Å². The van der Waals surface area contributed by atoms with Crippen LogP contribution in [0.2, 0.25) is 0 Å². The first-order chi connectivity index (χ1) is 7.24. The molecule has 0 aromatic heterocycles. The molecular formula is C12H18N2O. The Morgan fingerprint density at radius 1 is 1.40 bits per heavy atom. The molecule has 0 saturated carbocycles. The Hall–Kier alpha value is -0.900. The minimum absolute atomic E-state index is 0.189. The van der Waals surface area contributed by atoms with Gasteiger partial charge in [-0.2, -0.15) is 0 Å². The fourth-order valence-corrected chi connectivity index (χ4v) is 1.91. The molecule has 1 aliphatic heterocycles. The first-order valence-corrected chi connectivity index (χ1v) is 5.39. The molecule has 1 aliphatic rings. The van der Waals surface area contributed by atoms with Crippen molar-refractivity contribution in [3.05, 3.63) is 35.4 Å². The topological polar surface area (TPSA) is 47.3 Å². The monoisotopic (exact) mass is 206 g/mol. The summed E-state index contributed by atoms with van der Waals surface area (Å²) in [6.07, 6.45) is 0. The van der Waals surface area contributed by atoms with E-state index in [1.807, 2.05) is 0 Å². The van der Waals surface area contributed by atoms with Gasteiger partial charge in [-0.15, -0.1) is 0 Å². The van der Waals surface area contributed by atoms with Crippen LogP contribution in [0.4, 0.5) is 0 Å². The lowest BCUT2D eigenvalue weighted by Crippen LogP contribution is -2.45. The maximum atomic E-state index is 5.83. The molecule has 0 amide bonds. The normalized spacial score (nSPS) is 26.5. The second-order valence-electron chi connectivity index (χ2n) is 4.16. The first-order valence-electron chi connectivity index (χ1n) is 5.39. The Balaban J connectivity index is 2.20. The molecule has 0 radical (unpaired) electrons. The maximum absolute atomic E-state index is 5.83. The Bertz CT molecular complexity index is 315. The van der Waals surface area contributed by atoms with Crippen molar-refractivity contribution in [3.63, 3.8) is 0 Å². The van der Waals surface area contributed by atoms with Gasteiger partial charge in [0.1, 0.15) is 5.60 Å². The third-order valence-corrected chi connectivity index (χ3v) is 2.96. The van der Waals surface area contributed by atoms with Gasteiger partial charge in [-0.3, -0.25) is 0 Å². The summed E-state index contributed by atoms with van der Waals surface area (Å²) in [6, 6.07) is 8.35. The summed E-state index contributed by atoms with van der Waals surface area (Å²) in [7, 11) is 0. The number of morpholine rings is 1. The second kappa shape index (κ2) is 4.31. The van der Waals surface area contributed by atoms with Gasteiger partial charge in [0.25, 0.3) is 0 Å². The van der Waals surface area contributed by atoms with Gasteiger partial charge in [-0.1, -0.05) is 24.3 Å². The molecule has 1 fully saturated rings. The smallest absolute Gasteiger partial charge is 0.103 e. The molecule has 1 aromatic carbocycles. The number of benzene rings is 1. The molecule has 1 aromatic rings. The zero-order valence-corrected chi connectivity index (χ0v) is 9.12. The third kappa shape index (κ3) is 2.20. The summed E-state index contributed by atoms with van der Waals surface area (Å²) in [4.78, 5) is 0. The Morgan fingerprint density at radius 3 is 2.67 bits per heavy atom. The van der Waals surface area contributed by atoms with Crippen molar-refractivity contribution >= 4 is 0 Å². The second-order valence-corrected chi connectivity index (χ2v) is 4.16. The molecule has 0 spiro atoms. The Labute approximate surface area is 90.6 Å². The molecule has 1 atom stereocenters. The number of nitrogens with two attached hydrogens (primary N) is 1. The van der Waals surface area contributed by atoms with Crippen molar-refractivity contribution in [3.8, 4) is 0 Å². The van der Waals surface area contributed by atoms with Gasteiger partial charge in [-0.05, 0) is 18.1 Å². The largest absolute Gasteiger partial charge is 0.368 e. The average molecular weight is 206 g/mol. The highest BCUT2D eigenvalue weighted by Gasteiger charge is 2.29. The van der Waals surface area contributed by atoms with Gasteiger partial charge in [0, 0.05) is 19.6 Å². The summed E-state index contributed by atoms with van der Waals surface area (Å²) >= 11 is 0. The molecule has 1 heterocycles. The standard InChI is InChI=1S/C12H18N2O/c1-12(9-14-6-7-15-12)11-4-2-10(8-13)3-5-11/h2-5,14H,6-9,13H2,1H3. The van der Waals surface area contributed by atoms with Crippen LogP contribution in [-0.2, 0) is 16.9 Å². The van der Waals surface area contributed by atoms with Crippen LogP contribution in [0.3, 0.4) is 0 Å². The van der Waals surface area contributed by atoms with Crippen LogP contribution < -0.4 is 11.1 Å². The zero-order chi connectivity index (χ0) is 10.7. The van der Waals surface area contributed by atoms with Crippen molar-refractivity contribution in [2.24, 2.45) is 5.73 Å². The Morgan fingerprint density at radius 2 is 2.13 bits per heavy atom. The summed E-state index contributed by atoms with van der Waals surface area (Å²) < 4.78 is 5.83. The molecule has 0 bridgehead atoms. The first kappa shape index (κ1) is 10.6. The van der Waals surface area contributed by atoms with Gasteiger partial charge in [-0.25, -0.2) is 0 Å². The molecule has 1 saturated heterocycles. The van der Waals surface area contributed by atoms with E-state index in [2.05, 4.69) is 36.5 Å². The van der Waals surface area contributed by atoms with Crippen LogP contribution in [0, 0.1) is 0 Å². The van der Waals surface area contributed by atoms with E-state index < -0.39 is 0 Å². The van der Waals surface area contributed by atoms with E-state index in [9.17, 15) is 0 Å². The lowest BCUT2D eigenvalue weighted by molar-refractivity contribution is -0.0572. The van der Waals surface area contributed by atoms with Crippen molar-refractivity contribution in [2.75, 3.05) is 19.7 Å². The van der Waals surface area contributed by atoms with Crippen molar-refractivity contribution in [1.82, 2.24) is 5.32 Å². The summed E-state index contributed by atoms with van der Waals surface area (Å²) in [5.41, 5.74) is 7.75. The molecule has 82 valence electrons. The predicted octanol–water partition coefficient (Wildman–Crippen LogP) is 0.980. The van der Waals surface area contributed by atoms with Crippen LogP contribution in [0.25, 0.3) is 0 Å². The minimum Gasteiger partial charge on any atom is -0.368 e. The van der Waals surface area contributed by atoms with E-state index >= 15 is 0 Å². The predicted molar refractivity (Wildman–Crippen MR) is 60.5 cm³/mol. The molecule has 3 N–H and O–H groups in total. The molecular weight excluding hydrogens is 188 g/mol. The summed E-state index contributed by atoms with van der Waals surface area (Å²) in [5, 5.41) is 3.35. The van der Waals surface area contributed by atoms with Crippen molar-refractivity contribution in [1.29, 1.82) is 0 Å². The number of ether oxygens (including phenoxy) is 1. The molecule has 1 unspecified atom stereocenters. The number of hydrogen-bond donors (Lipinski definition) is 2. The molecule has 0 aliphatic carbocycles. The maximum Gasteiger partial charge on any atom is 0.103 e. The van der Waals surface area contributed by atoms with Crippen molar-refractivity contribution < 1.29 is 4.74 Å². The van der Waals surface area contributed by atoms with Crippen LogP contribution in [0.1, 0.15) is 18.1 Å². The SMILES string of the molecule is CC1(c2ccc(CN)cc2)CNCCO1. The molecule has 3 nitrogen and oxygen atoms in total. The van der Waals surface area contributed by atoms with Gasteiger partial charge in [0.05, 0.1) is 6.61 Å². The zero-order valence-electron chi connectivity index (χ0n) is 9.12. The van der Waals surface area contributed by atoms with E-state index in [4.69, 9.17) is 10.5 Å². The lowest BCUT2D eigenvalue weighted by atomic mass is 9.94. The van der Waals surface area contributed by atoms with Crippen LogP contribution in [0.15, 0.2) is 24.3 Å². The quantitative estimate of drug-likeness (QED) is 0.758. The highest BCUT2D eigenvalue weighted by atomic mass is 16.5. The number of nitrogens with one attached hydrogen (secondary N) is 1. The summed E-state index contributed by atoms with van der Waals surface area (Å²) in [5.74, 6) is 0. The van der Waals surface area contributed by atoms with Gasteiger partial charge < -0.3 is 15.8 Å². The van der Waals surface area contributed by atoms with E-state index in [0.717, 1.165) is 25.3 Å². The van der Waals surface area contributed by atoms with Crippen LogP contribution in [0.5, 0.6) is 0 Å². The summed E-state index contributed by atoms with van der Waals surface area (Å²) in [6.45, 7) is 5.30. The van der Waals surface area contributed by atoms with E-state index in [1.165, 1.54) is 5.56 Å². The van der Waals surface area contributed by atoms with Gasteiger partial charge >= 0.3 is 0 Å². The fraction of sp³-hybridized carbons (Fsp3) is 0.500. The highest BCUT2D eigenvalue weighted by Crippen LogP contribution is 2.26. The van der Waals surface area contributed by atoms with Gasteiger partial charge in [0.15, 0.2) is 0 Å². The van der Waals surface area contributed by atoms with E-state index in [0.29, 0.717) is 6.54 Å². The van der Waals surface area contributed by atoms with Crippen LogP contribution in [-0.4, -0.2) is 19.7 Å². The third-order valence-electron chi connectivity index (χ3n) is 2.96.